The summed E-state index contributed by atoms with van der Waals surface area (Å²) in [7, 11) is 0. The number of thiol groups is 1. The van der Waals surface area contributed by atoms with E-state index in [0.717, 1.165) is 11.0 Å². The van der Waals surface area contributed by atoms with E-state index in [1.54, 1.807) is 0 Å². The Labute approximate surface area is 63.2 Å². The summed E-state index contributed by atoms with van der Waals surface area (Å²) in [6.45, 7) is 0. The highest BCUT2D eigenvalue weighted by molar-refractivity contribution is 7.78. The number of aromatic nitrogens is 3. The van der Waals surface area contributed by atoms with E-state index in [4.69, 9.17) is 0 Å². The van der Waals surface area contributed by atoms with Crippen molar-refractivity contribution in [3.05, 3.63) is 24.3 Å². The van der Waals surface area contributed by atoms with Gasteiger partial charge in [-0.05, 0) is 24.9 Å². The molecule has 1 aromatic heterocycles. The molecule has 3 nitrogen and oxygen atoms in total. The third kappa shape index (κ3) is 0.769. The van der Waals surface area contributed by atoms with Crippen molar-refractivity contribution < 1.29 is 0 Å². The third-order valence-corrected chi connectivity index (χ3v) is 1.45. The zero-order valence-electron chi connectivity index (χ0n) is 5.10. The van der Waals surface area contributed by atoms with E-state index in [2.05, 4.69) is 23.0 Å². The zero-order chi connectivity index (χ0) is 6.97. The van der Waals surface area contributed by atoms with Crippen molar-refractivity contribution in [3.63, 3.8) is 0 Å². The first-order valence-corrected chi connectivity index (χ1v) is 3.27. The van der Waals surface area contributed by atoms with Crippen LogP contribution in [0.25, 0.3) is 11.0 Å². The molecule has 50 valence electrons. The van der Waals surface area contributed by atoms with Gasteiger partial charge in [-0.1, -0.05) is 12.1 Å². The van der Waals surface area contributed by atoms with E-state index < -0.39 is 0 Å². The predicted molar refractivity (Wildman–Crippen MR) is 41.9 cm³/mol. The number of nitrogens with zero attached hydrogens (tertiary/aromatic N) is 3. The highest BCUT2D eigenvalue weighted by Crippen LogP contribution is 2.06. The third-order valence-electron chi connectivity index (χ3n) is 1.28. The van der Waals surface area contributed by atoms with Gasteiger partial charge in [-0.2, -0.15) is 0 Å². The average Bonchev–Trinajstić information content (AvgIpc) is 2.27. The number of rotatable bonds is 0. The minimum atomic E-state index is 0.873. The molecule has 0 amide bonds. The Balaban J connectivity index is 2.88. The van der Waals surface area contributed by atoms with Gasteiger partial charge in [-0.15, -0.1) is 14.4 Å². The molecule has 4 heteroatoms. The second-order valence-electron chi connectivity index (χ2n) is 1.96. The van der Waals surface area contributed by atoms with E-state index in [9.17, 15) is 0 Å². The van der Waals surface area contributed by atoms with Gasteiger partial charge in [0.1, 0.15) is 11.0 Å². The highest BCUT2D eigenvalue weighted by atomic mass is 32.1. The maximum atomic E-state index is 3.98. The van der Waals surface area contributed by atoms with Gasteiger partial charge in [0.05, 0.1) is 0 Å². The summed E-state index contributed by atoms with van der Waals surface area (Å²) in [4.78, 5) is 0. The van der Waals surface area contributed by atoms with Crippen LogP contribution in [0.3, 0.4) is 0 Å². The Morgan fingerprint density at radius 3 is 2.10 bits per heavy atom. The average molecular weight is 151 g/mol. The summed E-state index contributed by atoms with van der Waals surface area (Å²) >= 11 is 3.94. The van der Waals surface area contributed by atoms with Crippen LogP contribution >= 0.6 is 12.8 Å². The van der Waals surface area contributed by atoms with Gasteiger partial charge in [-0.25, -0.2) is 0 Å². The van der Waals surface area contributed by atoms with Gasteiger partial charge in [0.25, 0.3) is 0 Å². The smallest absolute Gasteiger partial charge is 0.114 e. The van der Waals surface area contributed by atoms with E-state index in [1.165, 1.54) is 4.20 Å². The molecule has 1 aromatic carbocycles. The quantitative estimate of drug-likeness (QED) is 0.572. The topological polar surface area (TPSA) is 30.7 Å². The summed E-state index contributed by atoms with van der Waals surface area (Å²) in [5, 5.41) is 7.97. The molecule has 0 fully saturated rings. The molecule has 10 heavy (non-hydrogen) atoms. The molecule has 2 rings (SSSR count). The Morgan fingerprint density at radius 2 is 1.60 bits per heavy atom. The first kappa shape index (κ1) is 5.73. The molecule has 0 saturated heterocycles. The van der Waals surface area contributed by atoms with Crippen LogP contribution in [0.5, 0.6) is 0 Å². The monoisotopic (exact) mass is 151 g/mol. The first-order valence-electron chi connectivity index (χ1n) is 2.87. The molecule has 1 heterocycles. The molecule has 0 unspecified atom stereocenters. The number of hydrogen-bond donors (Lipinski definition) is 1. The molecule has 0 atom stereocenters. The maximum absolute atomic E-state index is 3.98. The van der Waals surface area contributed by atoms with Gasteiger partial charge >= 0.3 is 0 Å². The molecule has 2 aromatic rings. The standard InChI is InChI=1S/C6H5N3S/c10-9-7-5-3-1-2-4-6(5)8-9/h1-4,10H. The first-order chi connectivity index (χ1) is 4.86. The summed E-state index contributed by atoms with van der Waals surface area (Å²) in [5.41, 5.74) is 1.75. The van der Waals surface area contributed by atoms with Crippen molar-refractivity contribution in [2.45, 2.75) is 0 Å². The molecule has 0 bridgehead atoms. The summed E-state index contributed by atoms with van der Waals surface area (Å²) in [5.74, 6) is 0. The van der Waals surface area contributed by atoms with Gasteiger partial charge < -0.3 is 0 Å². The van der Waals surface area contributed by atoms with Crippen LogP contribution in [0, 0.1) is 0 Å². The Hall–Kier alpha value is -1.03. The summed E-state index contributed by atoms with van der Waals surface area (Å²) in [6.07, 6.45) is 0. The highest BCUT2D eigenvalue weighted by Gasteiger charge is 1.95. The van der Waals surface area contributed by atoms with E-state index in [0.29, 0.717) is 0 Å². The number of fused-ring (bicyclic) bond motifs is 1. The number of benzene rings is 1. The second-order valence-corrected chi connectivity index (χ2v) is 2.31. The normalized spacial score (nSPS) is 10.5. The van der Waals surface area contributed by atoms with Crippen molar-refractivity contribution in [1.29, 1.82) is 0 Å². The lowest BCUT2D eigenvalue weighted by molar-refractivity contribution is 0.890. The van der Waals surface area contributed by atoms with Crippen molar-refractivity contribution in [3.8, 4) is 0 Å². The zero-order valence-corrected chi connectivity index (χ0v) is 5.99. The van der Waals surface area contributed by atoms with Crippen LogP contribution in [0.2, 0.25) is 0 Å². The molecule has 0 N–H and O–H groups in total. The molecular formula is C6H5N3S. The lowest BCUT2D eigenvalue weighted by Gasteiger charge is -1.77. The fourth-order valence-corrected chi connectivity index (χ4v) is 1.04. The van der Waals surface area contributed by atoms with Crippen molar-refractivity contribution in [2.24, 2.45) is 0 Å². The second kappa shape index (κ2) is 1.98. The Bertz CT molecular complexity index is 322. The Morgan fingerprint density at radius 1 is 1.10 bits per heavy atom. The Kier molecular flexibility index (Phi) is 1.14. The van der Waals surface area contributed by atoms with Crippen molar-refractivity contribution >= 4 is 23.8 Å². The van der Waals surface area contributed by atoms with Crippen LogP contribution in [-0.4, -0.2) is 14.4 Å². The van der Waals surface area contributed by atoms with Crippen LogP contribution in [0.1, 0.15) is 0 Å². The van der Waals surface area contributed by atoms with E-state index in [-0.39, 0.29) is 0 Å². The molecular weight excluding hydrogens is 146 g/mol. The SMILES string of the molecule is Sn1nc2ccccc2n1. The van der Waals surface area contributed by atoms with Crippen molar-refractivity contribution in [2.75, 3.05) is 0 Å². The van der Waals surface area contributed by atoms with Crippen molar-refractivity contribution in [1.82, 2.24) is 14.4 Å². The van der Waals surface area contributed by atoms with Crippen LogP contribution in [0.4, 0.5) is 0 Å². The molecule has 0 aliphatic heterocycles. The predicted octanol–water partition coefficient (Wildman–Crippen LogP) is 1.12. The fraction of sp³-hybridized carbons (Fsp3) is 0. The molecule has 0 aliphatic rings. The van der Waals surface area contributed by atoms with E-state index in [1.807, 2.05) is 24.3 Å². The van der Waals surface area contributed by atoms with Crippen LogP contribution in [-0.2, 0) is 0 Å². The molecule has 0 spiro atoms. The molecule has 0 aliphatic carbocycles. The summed E-state index contributed by atoms with van der Waals surface area (Å²) in [6, 6.07) is 7.64. The lowest BCUT2D eigenvalue weighted by atomic mass is 10.3. The lowest BCUT2D eigenvalue weighted by Crippen LogP contribution is -1.81. The maximum Gasteiger partial charge on any atom is 0.114 e. The van der Waals surface area contributed by atoms with Crippen LogP contribution < -0.4 is 0 Å². The van der Waals surface area contributed by atoms with Gasteiger partial charge in [0.2, 0.25) is 0 Å². The van der Waals surface area contributed by atoms with E-state index >= 15 is 0 Å². The molecule has 0 radical (unpaired) electrons. The van der Waals surface area contributed by atoms with Gasteiger partial charge in [0, 0.05) is 0 Å². The van der Waals surface area contributed by atoms with Gasteiger partial charge in [0.15, 0.2) is 0 Å². The summed E-state index contributed by atoms with van der Waals surface area (Å²) < 4.78 is 1.27. The van der Waals surface area contributed by atoms with Crippen LogP contribution in [0.15, 0.2) is 24.3 Å². The number of hydrogen-bond acceptors (Lipinski definition) is 3. The largest absolute Gasteiger partial charge is 0.142 e. The minimum Gasteiger partial charge on any atom is -0.142 e. The van der Waals surface area contributed by atoms with Gasteiger partial charge in [-0.3, -0.25) is 0 Å². The fourth-order valence-electron chi connectivity index (χ4n) is 0.848. The minimum absolute atomic E-state index is 0.873. The molecule has 0 saturated carbocycles.